The number of aliphatic hydroxyl groups is 1. The normalized spacial score (nSPS) is 18.3. The minimum absolute atomic E-state index is 0.114. The van der Waals surface area contributed by atoms with Crippen molar-refractivity contribution in [2.24, 2.45) is 0 Å². The SMILES string of the molecule is N#Cc1ccc(OCC(O)CN2CCC(Oc3ccc(Cl)cc3)C2)cc1. The molecule has 3 rings (SSSR count). The zero-order valence-corrected chi connectivity index (χ0v) is 15.1. The summed E-state index contributed by atoms with van der Waals surface area (Å²) in [5.41, 5.74) is 0.585. The molecule has 0 aliphatic carbocycles. The number of aliphatic hydroxyl groups excluding tert-OH is 1. The van der Waals surface area contributed by atoms with Gasteiger partial charge in [0, 0.05) is 24.7 Å². The molecule has 6 heteroatoms. The second-order valence-corrected chi connectivity index (χ2v) is 6.78. The number of halogens is 1. The number of hydrogen-bond acceptors (Lipinski definition) is 5. The summed E-state index contributed by atoms with van der Waals surface area (Å²) < 4.78 is 11.5. The molecule has 0 amide bonds. The lowest BCUT2D eigenvalue weighted by Gasteiger charge is -2.20. The Morgan fingerprint density at radius 2 is 1.85 bits per heavy atom. The number of β-amino-alcohol motifs (C(OH)–C–C–N with tert-alkyl or cyclic N) is 1. The maximum atomic E-state index is 10.2. The molecule has 0 bridgehead atoms. The van der Waals surface area contributed by atoms with Crippen molar-refractivity contribution >= 4 is 11.6 Å². The predicted molar refractivity (Wildman–Crippen MR) is 99.6 cm³/mol. The number of rotatable bonds is 7. The summed E-state index contributed by atoms with van der Waals surface area (Å²) in [6, 6.07) is 16.3. The van der Waals surface area contributed by atoms with Crippen LogP contribution in [0.2, 0.25) is 5.02 Å². The number of ether oxygens (including phenoxy) is 2. The van der Waals surface area contributed by atoms with Crippen LogP contribution in [-0.2, 0) is 0 Å². The Bertz CT molecular complexity index is 743. The van der Waals surface area contributed by atoms with Crippen LogP contribution in [0, 0.1) is 11.3 Å². The Labute approximate surface area is 158 Å². The molecular formula is C20H21ClN2O3. The zero-order chi connectivity index (χ0) is 18.4. The van der Waals surface area contributed by atoms with Crippen LogP contribution in [-0.4, -0.2) is 48.5 Å². The average molecular weight is 373 g/mol. The second-order valence-electron chi connectivity index (χ2n) is 6.34. The minimum Gasteiger partial charge on any atom is -0.491 e. The molecule has 1 aliphatic heterocycles. The summed E-state index contributed by atoms with van der Waals surface area (Å²) in [6.45, 7) is 2.41. The van der Waals surface area contributed by atoms with Crippen molar-refractivity contribution in [3.8, 4) is 17.6 Å². The Morgan fingerprint density at radius 3 is 2.54 bits per heavy atom. The molecule has 1 saturated heterocycles. The molecule has 0 saturated carbocycles. The fraction of sp³-hybridized carbons (Fsp3) is 0.350. The van der Waals surface area contributed by atoms with Crippen molar-refractivity contribution in [1.82, 2.24) is 4.90 Å². The monoisotopic (exact) mass is 372 g/mol. The highest BCUT2D eigenvalue weighted by atomic mass is 35.5. The van der Waals surface area contributed by atoms with Gasteiger partial charge in [0.2, 0.25) is 0 Å². The van der Waals surface area contributed by atoms with E-state index in [1.165, 1.54) is 0 Å². The van der Waals surface area contributed by atoms with Crippen molar-refractivity contribution < 1.29 is 14.6 Å². The molecule has 2 aromatic rings. The molecule has 1 N–H and O–H groups in total. The summed E-state index contributed by atoms with van der Waals surface area (Å²) in [5, 5.41) is 19.7. The first-order chi connectivity index (χ1) is 12.6. The van der Waals surface area contributed by atoms with E-state index in [1.54, 1.807) is 24.3 Å². The highest BCUT2D eigenvalue weighted by Gasteiger charge is 2.25. The van der Waals surface area contributed by atoms with Crippen molar-refractivity contribution in [1.29, 1.82) is 5.26 Å². The van der Waals surface area contributed by atoms with Gasteiger partial charge in [0.25, 0.3) is 0 Å². The molecular weight excluding hydrogens is 352 g/mol. The summed E-state index contributed by atoms with van der Waals surface area (Å²) >= 11 is 5.88. The van der Waals surface area contributed by atoms with E-state index in [2.05, 4.69) is 11.0 Å². The predicted octanol–water partition coefficient (Wildman–Crippen LogP) is 3.10. The molecule has 136 valence electrons. The molecule has 1 heterocycles. The largest absolute Gasteiger partial charge is 0.491 e. The lowest BCUT2D eigenvalue weighted by molar-refractivity contribution is 0.0720. The Hall–Kier alpha value is -2.26. The van der Waals surface area contributed by atoms with Crippen LogP contribution >= 0.6 is 11.6 Å². The second kappa shape index (κ2) is 8.91. The van der Waals surface area contributed by atoms with Crippen LogP contribution in [0.3, 0.4) is 0 Å². The van der Waals surface area contributed by atoms with Crippen LogP contribution in [0.25, 0.3) is 0 Å². The summed E-state index contributed by atoms with van der Waals surface area (Å²) in [7, 11) is 0. The molecule has 2 unspecified atom stereocenters. The number of benzene rings is 2. The third-order valence-corrected chi connectivity index (χ3v) is 4.49. The minimum atomic E-state index is -0.583. The zero-order valence-electron chi connectivity index (χ0n) is 14.3. The van der Waals surface area contributed by atoms with Crippen molar-refractivity contribution in [3.05, 3.63) is 59.1 Å². The van der Waals surface area contributed by atoms with E-state index in [1.807, 2.05) is 24.3 Å². The summed E-state index contributed by atoms with van der Waals surface area (Å²) in [4.78, 5) is 2.17. The lowest BCUT2D eigenvalue weighted by Crippen LogP contribution is -2.35. The van der Waals surface area contributed by atoms with Crippen molar-refractivity contribution in [3.63, 3.8) is 0 Å². The van der Waals surface area contributed by atoms with Crippen LogP contribution in [0.15, 0.2) is 48.5 Å². The van der Waals surface area contributed by atoms with Gasteiger partial charge in [0.1, 0.15) is 30.3 Å². The molecule has 0 aromatic heterocycles. The van der Waals surface area contributed by atoms with Gasteiger partial charge in [-0.3, -0.25) is 4.90 Å². The molecule has 2 aromatic carbocycles. The van der Waals surface area contributed by atoms with Gasteiger partial charge in [-0.25, -0.2) is 0 Å². The number of nitriles is 1. The van der Waals surface area contributed by atoms with E-state index >= 15 is 0 Å². The van der Waals surface area contributed by atoms with Crippen LogP contribution in [0.5, 0.6) is 11.5 Å². The van der Waals surface area contributed by atoms with Crippen molar-refractivity contribution in [2.45, 2.75) is 18.6 Å². The number of hydrogen-bond donors (Lipinski definition) is 1. The average Bonchev–Trinajstić information content (AvgIpc) is 3.09. The maximum Gasteiger partial charge on any atom is 0.119 e. The van der Waals surface area contributed by atoms with E-state index < -0.39 is 6.10 Å². The third-order valence-electron chi connectivity index (χ3n) is 4.24. The van der Waals surface area contributed by atoms with Gasteiger partial charge >= 0.3 is 0 Å². The fourth-order valence-electron chi connectivity index (χ4n) is 2.93. The Balaban J connectivity index is 1.40. The molecule has 0 spiro atoms. The fourth-order valence-corrected chi connectivity index (χ4v) is 3.06. The van der Waals surface area contributed by atoms with E-state index in [9.17, 15) is 5.11 Å². The first kappa shape index (κ1) is 18.5. The van der Waals surface area contributed by atoms with Crippen LogP contribution in [0.1, 0.15) is 12.0 Å². The molecule has 1 fully saturated rings. The summed E-state index contributed by atoms with van der Waals surface area (Å²) in [6.07, 6.45) is 0.453. The van der Waals surface area contributed by atoms with Crippen LogP contribution in [0.4, 0.5) is 0 Å². The maximum absolute atomic E-state index is 10.2. The van der Waals surface area contributed by atoms with Crippen molar-refractivity contribution in [2.75, 3.05) is 26.2 Å². The molecule has 2 atom stereocenters. The molecule has 5 nitrogen and oxygen atoms in total. The van der Waals surface area contributed by atoms with Gasteiger partial charge in [0.15, 0.2) is 0 Å². The summed E-state index contributed by atoms with van der Waals surface area (Å²) in [5.74, 6) is 1.46. The molecule has 26 heavy (non-hydrogen) atoms. The van der Waals surface area contributed by atoms with Gasteiger partial charge in [-0.05, 0) is 55.0 Å². The highest BCUT2D eigenvalue weighted by molar-refractivity contribution is 6.30. The lowest BCUT2D eigenvalue weighted by atomic mass is 10.2. The smallest absolute Gasteiger partial charge is 0.119 e. The van der Waals surface area contributed by atoms with Gasteiger partial charge < -0.3 is 14.6 Å². The molecule has 0 radical (unpaired) electrons. The highest BCUT2D eigenvalue weighted by Crippen LogP contribution is 2.21. The van der Waals surface area contributed by atoms with E-state index in [0.717, 1.165) is 25.3 Å². The molecule has 1 aliphatic rings. The Morgan fingerprint density at radius 1 is 1.15 bits per heavy atom. The number of nitrogens with zero attached hydrogens (tertiary/aromatic N) is 2. The van der Waals surface area contributed by atoms with E-state index in [-0.39, 0.29) is 12.7 Å². The van der Waals surface area contributed by atoms with Crippen LogP contribution < -0.4 is 9.47 Å². The third kappa shape index (κ3) is 5.37. The first-order valence-corrected chi connectivity index (χ1v) is 8.96. The van der Waals surface area contributed by atoms with Gasteiger partial charge in [0.05, 0.1) is 11.6 Å². The van der Waals surface area contributed by atoms with Gasteiger partial charge in [-0.2, -0.15) is 5.26 Å². The Kier molecular flexibility index (Phi) is 6.35. The van der Waals surface area contributed by atoms with Gasteiger partial charge in [-0.1, -0.05) is 11.6 Å². The van der Waals surface area contributed by atoms with E-state index in [4.69, 9.17) is 26.3 Å². The number of likely N-dealkylation sites (tertiary alicyclic amines) is 1. The van der Waals surface area contributed by atoms with E-state index in [0.29, 0.717) is 22.9 Å². The topological polar surface area (TPSA) is 65.7 Å². The first-order valence-electron chi connectivity index (χ1n) is 8.58. The quantitative estimate of drug-likeness (QED) is 0.809. The standard InChI is InChI=1S/C20H21ClN2O3/c21-16-3-7-19(8-4-16)26-20-9-10-23(13-20)12-17(24)14-25-18-5-1-15(11-22)2-6-18/h1-8,17,20,24H,9-10,12-14H2. The van der Waals surface area contributed by atoms with Gasteiger partial charge in [-0.15, -0.1) is 0 Å².